The predicted molar refractivity (Wildman–Crippen MR) is 149 cm³/mol. The highest BCUT2D eigenvalue weighted by Crippen LogP contribution is 2.48. The van der Waals surface area contributed by atoms with Crippen molar-refractivity contribution in [1.29, 1.82) is 0 Å². The van der Waals surface area contributed by atoms with E-state index in [-0.39, 0.29) is 11.6 Å². The molecule has 2 aliphatic rings. The van der Waals surface area contributed by atoms with Crippen LogP contribution in [0.5, 0.6) is 0 Å². The number of carbonyl (C=O) groups is 2. The van der Waals surface area contributed by atoms with E-state index in [9.17, 15) is 9.59 Å². The predicted octanol–water partition coefficient (Wildman–Crippen LogP) is 8.49. The van der Waals surface area contributed by atoms with Gasteiger partial charge in [-0.2, -0.15) is 0 Å². The van der Waals surface area contributed by atoms with Gasteiger partial charge >= 0.3 is 0 Å². The van der Waals surface area contributed by atoms with Crippen molar-refractivity contribution < 1.29 is 18.4 Å². The third-order valence-corrected chi connectivity index (χ3v) is 7.37. The first-order valence-corrected chi connectivity index (χ1v) is 12.4. The molecule has 0 saturated heterocycles. The maximum absolute atomic E-state index is 13.2. The fraction of sp³-hybridized carbons (Fsp3) is 0. The lowest BCUT2D eigenvalue weighted by molar-refractivity contribution is 0.103. The van der Waals surface area contributed by atoms with Gasteiger partial charge in [-0.15, -0.1) is 0 Å². The second-order valence-corrected chi connectivity index (χ2v) is 9.62. The standard InChI is InChI=1S/C34H18O4/c35-33(19-7-3-1-4-8-19)23-15-21-11-13-26-31-29(21)27(17-23)37-25-14-12-22-16-24(18-28(38-26)30(22)32(25)31)34(36)20-9-5-2-6-10-20/h1-18H. The highest BCUT2D eigenvalue weighted by atomic mass is 16.3. The summed E-state index contributed by atoms with van der Waals surface area (Å²) in [6, 6.07) is 33.8. The number of hydrogen-bond donors (Lipinski definition) is 0. The Kier molecular flexibility index (Phi) is 4.21. The van der Waals surface area contributed by atoms with Crippen molar-refractivity contribution in [3.05, 3.63) is 131 Å². The second-order valence-electron chi connectivity index (χ2n) is 9.62. The van der Waals surface area contributed by atoms with Crippen molar-refractivity contribution in [2.75, 3.05) is 0 Å². The van der Waals surface area contributed by atoms with Gasteiger partial charge in [0.15, 0.2) is 11.6 Å². The summed E-state index contributed by atoms with van der Waals surface area (Å²) in [5.74, 6) is -0.105. The summed E-state index contributed by atoms with van der Waals surface area (Å²) in [4.78, 5) is 26.5. The molecular formula is C34H18O4. The Morgan fingerprint density at radius 2 is 0.842 bits per heavy atom. The van der Waals surface area contributed by atoms with Crippen LogP contribution in [-0.4, -0.2) is 11.6 Å². The summed E-state index contributed by atoms with van der Waals surface area (Å²) in [6.45, 7) is 0. The third kappa shape index (κ3) is 2.91. The van der Waals surface area contributed by atoms with Crippen LogP contribution in [-0.2, 0) is 0 Å². The van der Waals surface area contributed by atoms with Gasteiger partial charge < -0.3 is 8.83 Å². The van der Waals surface area contributed by atoms with E-state index in [0.717, 1.165) is 32.7 Å². The molecule has 0 amide bonds. The van der Waals surface area contributed by atoms with Crippen molar-refractivity contribution in [2.24, 2.45) is 0 Å². The van der Waals surface area contributed by atoms with Crippen LogP contribution >= 0.6 is 0 Å². The first-order valence-electron chi connectivity index (χ1n) is 12.4. The quantitative estimate of drug-likeness (QED) is 0.141. The zero-order valence-corrected chi connectivity index (χ0v) is 20.0. The first-order chi connectivity index (χ1) is 18.7. The van der Waals surface area contributed by atoms with Crippen LogP contribution in [0.4, 0.5) is 0 Å². The molecule has 6 aromatic carbocycles. The lowest BCUT2D eigenvalue weighted by atomic mass is 9.88. The summed E-state index contributed by atoms with van der Waals surface area (Å²) in [5.41, 5.74) is 7.00. The number of hydrogen-bond acceptors (Lipinski definition) is 4. The molecular weight excluding hydrogens is 472 g/mol. The maximum atomic E-state index is 13.2. The van der Waals surface area contributed by atoms with Gasteiger partial charge in [0.2, 0.25) is 0 Å². The Bertz CT molecular complexity index is 1990. The number of ketones is 2. The maximum Gasteiger partial charge on any atom is 0.193 e. The van der Waals surface area contributed by atoms with Gasteiger partial charge in [-0.3, -0.25) is 9.59 Å². The smallest absolute Gasteiger partial charge is 0.193 e. The lowest BCUT2D eigenvalue weighted by Crippen LogP contribution is -2.03. The van der Waals surface area contributed by atoms with Gasteiger partial charge in [0.25, 0.3) is 0 Å². The summed E-state index contributed by atoms with van der Waals surface area (Å²) < 4.78 is 12.9. The summed E-state index contributed by atoms with van der Waals surface area (Å²) in [6.07, 6.45) is 0. The molecule has 0 spiro atoms. The highest BCUT2D eigenvalue weighted by Gasteiger charge is 2.26. The fourth-order valence-electron chi connectivity index (χ4n) is 5.66. The molecule has 0 bridgehead atoms. The van der Waals surface area contributed by atoms with Crippen molar-refractivity contribution >= 4 is 55.4 Å². The SMILES string of the molecule is O=C(c1ccccc1)c1cc2ccc3oc4cc(C(=O)c5ccccc5)cc5ccc6oc(c1)c2c3-c6c54. The molecule has 0 aromatic heterocycles. The van der Waals surface area contributed by atoms with Crippen molar-refractivity contribution in [3.63, 3.8) is 0 Å². The molecule has 2 heterocycles. The molecule has 0 N–H and O–H groups in total. The van der Waals surface area contributed by atoms with Crippen molar-refractivity contribution in [2.45, 2.75) is 0 Å². The van der Waals surface area contributed by atoms with E-state index >= 15 is 0 Å². The summed E-state index contributed by atoms with van der Waals surface area (Å²) >= 11 is 0. The van der Waals surface area contributed by atoms with Gasteiger partial charge in [-0.1, -0.05) is 72.8 Å². The van der Waals surface area contributed by atoms with E-state index in [1.807, 2.05) is 109 Å². The molecule has 0 radical (unpaired) electrons. The molecule has 4 nitrogen and oxygen atoms in total. The molecule has 0 fully saturated rings. The Balaban J connectivity index is 1.39. The van der Waals surface area contributed by atoms with E-state index in [1.165, 1.54) is 0 Å². The Labute approximate surface area is 216 Å². The van der Waals surface area contributed by atoms with Crippen LogP contribution in [0.3, 0.4) is 0 Å². The van der Waals surface area contributed by atoms with E-state index in [0.29, 0.717) is 44.6 Å². The molecule has 0 atom stereocenters. The molecule has 0 unspecified atom stereocenters. The van der Waals surface area contributed by atoms with Gasteiger partial charge in [-0.25, -0.2) is 0 Å². The zero-order chi connectivity index (χ0) is 25.4. The largest absolute Gasteiger partial charge is 0.456 e. The molecule has 0 saturated carbocycles. The third-order valence-electron chi connectivity index (χ3n) is 7.37. The molecule has 2 aliphatic heterocycles. The Morgan fingerprint density at radius 1 is 0.421 bits per heavy atom. The zero-order valence-electron chi connectivity index (χ0n) is 20.0. The highest BCUT2D eigenvalue weighted by molar-refractivity contribution is 6.25. The van der Waals surface area contributed by atoms with Crippen LogP contribution < -0.4 is 0 Å². The normalized spacial score (nSPS) is 11.9. The molecule has 8 rings (SSSR count). The molecule has 178 valence electrons. The summed E-state index contributed by atoms with van der Waals surface area (Å²) in [5, 5.41) is 3.65. The molecule has 4 heteroatoms. The number of benzene rings is 6. The first kappa shape index (κ1) is 20.9. The second kappa shape index (κ2) is 7.64. The Hall–Kier alpha value is -5.22. The van der Waals surface area contributed by atoms with Crippen LogP contribution in [0.2, 0.25) is 0 Å². The molecule has 38 heavy (non-hydrogen) atoms. The number of rotatable bonds is 4. The van der Waals surface area contributed by atoms with Crippen molar-refractivity contribution in [1.82, 2.24) is 0 Å². The Morgan fingerprint density at radius 3 is 1.26 bits per heavy atom. The van der Waals surface area contributed by atoms with Gasteiger partial charge in [0.05, 0.1) is 0 Å². The number of carbonyl (C=O) groups excluding carboxylic acids is 2. The minimum Gasteiger partial charge on any atom is -0.456 e. The van der Waals surface area contributed by atoms with E-state index < -0.39 is 0 Å². The average molecular weight is 491 g/mol. The van der Waals surface area contributed by atoms with Gasteiger partial charge in [0.1, 0.15) is 22.3 Å². The van der Waals surface area contributed by atoms with E-state index in [4.69, 9.17) is 8.83 Å². The monoisotopic (exact) mass is 490 g/mol. The van der Waals surface area contributed by atoms with Crippen molar-refractivity contribution in [3.8, 4) is 11.1 Å². The lowest BCUT2D eigenvalue weighted by Gasteiger charge is -2.20. The van der Waals surface area contributed by atoms with Crippen LogP contribution in [0.15, 0.2) is 118 Å². The molecule has 6 aromatic rings. The minimum atomic E-state index is -0.0523. The van der Waals surface area contributed by atoms with Crippen LogP contribution in [0.25, 0.3) is 55.0 Å². The summed E-state index contributed by atoms with van der Waals surface area (Å²) in [7, 11) is 0. The van der Waals surface area contributed by atoms with E-state index in [2.05, 4.69) is 0 Å². The van der Waals surface area contributed by atoms with Crippen LogP contribution in [0, 0.1) is 0 Å². The fourth-order valence-corrected chi connectivity index (χ4v) is 5.66. The molecule has 0 aliphatic carbocycles. The average Bonchev–Trinajstić information content (AvgIpc) is 2.98. The minimum absolute atomic E-state index is 0.0523. The van der Waals surface area contributed by atoms with E-state index in [1.54, 1.807) is 0 Å². The van der Waals surface area contributed by atoms with Crippen LogP contribution in [0.1, 0.15) is 31.8 Å². The van der Waals surface area contributed by atoms with Gasteiger partial charge in [0, 0.05) is 44.2 Å². The van der Waals surface area contributed by atoms with Gasteiger partial charge in [-0.05, 0) is 47.2 Å². The topological polar surface area (TPSA) is 60.4 Å².